The highest BCUT2D eigenvalue weighted by atomic mass is 16.5. The van der Waals surface area contributed by atoms with Crippen LogP contribution in [0, 0.1) is 18.8 Å². The van der Waals surface area contributed by atoms with Crippen molar-refractivity contribution in [1.82, 2.24) is 14.8 Å². The number of aryl methyl sites for hydroxylation is 1. The number of benzene rings is 1. The molecule has 3 atom stereocenters. The molecule has 1 aromatic heterocycles. The van der Waals surface area contributed by atoms with Crippen LogP contribution in [-0.2, 0) is 16.1 Å². The molecule has 2 saturated heterocycles. The summed E-state index contributed by atoms with van der Waals surface area (Å²) in [7, 11) is 0. The number of pyridine rings is 1. The fourth-order valence-corrected chi connectivity index (χ4v) is 4.86. The first kappa shape index (κ1) is 19.1. The first-order valence-corrected chi connectivity index (χ1v) is 10.2. The molecule has 0 unspecified atom stereocenters. The third-order valence-corrected chi connectivity index (χ3v) is 6.15. The summed E-state index contributed by atoms with van der Waals surface area (Å²) in [6.45, 7) is 8.66. The number of likely N-dealkylation sites (tertiary alicyclic amines) is 2. The maximum Gasteiger partial charge on any atom is 0.249 e. The molecule has 0 N–H and O–H groups in total. The van der Waals surface area contributed by atoms with Gasteiger partial charge in [-0.1, -0.05) is 24.3 Å². The van der Waals surface area contributed by atoms with E-state index in [1.165, 1.54) is 16.7 Å². The van der Waals surface area contributed by atoms with Gasteiger partial charge >= 0.3 is 0 Å². The van der Waals surface area contributed by atoms with Crippen molar-refractivity contribution in [3.63, 3.8) is 0 Å². The number of rotatable bonds is 6. The van der Waals surface area contributed by atoms with Crippen molar-refractivity contribution in [2.24, 2.45) is 11.8 Å². The molecule has 2 aliphatic rings. The number of fused-ring (bicyclic) bond motifs is 1. The number of amides is 1. The number of hydrogen-bond donors (Lipinski definition) is 0. The van der Waals surface area contributed by atoms with E-state index in [1.807, 2.05) is 19.3 Å². The van der Waals surface area contributed by atoms with E-state index in [0.29, 0.717) is 18.4 Å². The SMILES string of the molecule is CCOCC(=O)N1C[C@@H]2CN(Cc3ccncc3)C[C@@H]2[C@H]1c1ccccc1C. The van der Waals surface area contributed by atoms with Crippen LogP contribution >= 0.6 is 0 Å². The summed E-state index contributed by atoms with van der Waals surface area (Å²) < 4.78 is 5.44. The molecule has 2 aliphatic heterocycles. The minimum absolute atomic E-state index is 0.116. The lowest BCUT2D eigenvalue weighted by Crippen LogP contribution is -2.38. The second kappa shape index (κ2) is 8.41. The Bertz CT molecular complexity index is 811. The molecule has 1 aromatic carbocycles. The summed E-state index contributed by atoms with van der Waals surface area (Å²) >= 11 is 0. The molecular weight excluding hydrogens is 350 g/mol. The number of carbonyl (C=O) groups excluding carboxylic acids is 1. The van der Waals surface area contributed by atoms with Gasteiger partial charge in [0.1, 0.15) is 6.61 Å². The number of hydrogen-bond acceptors (Lipinski definition) is 4. The highest BCUT2D eigenvalue weighted by Gasteiger charge is 2.49. The predicted molar refractivity (Wildman–Crippen MR) is 109 cm³/mol. The zero-order valence-corrected chi connectivity index (χ0v) is 16.8. The van der Waals surface area contributed by atoms with Crippen LogP contribution in [-0.4, -0.2) is 53.5 Å². The van der Waals surface area contributed by atoms with E-state index >= 15 is 0 Å². The minimum Gasteiger partial charge on any atom is -0.372 e. The average molecular weight is 380 g/mol. The van der Waals surface area contributed by atoms with E-state index in [2.05, 4.69) is 58.1 Å². The van der Waals surface area contributed by atoms with Crippen LogP contribution in [0.5, 0.6) is 0 Å². The van der Waals surface area contributed by atoms with Gasteiger partial charge < -0.3 is 9.64 Å². The zero-order chi connectivity index (χ0) is 19.5. The standard InChI is InChI=1S/C23H29N3O2/c1-3-28-16-22(27)26-14-19-13-25(12-18-8-10-24-11-9-18)15-21(19)23(26)20-7-5-4-6-17(20)2/h4-11,19,21,23H,3,12-16H2,1-2H3/t19-,21-,23+/m0/s1. The molecule has 148 valence electrons. The van der Waals surface area contributed by atoms with Crippen LogP contribution in [0.3, 0.4) is 0 Å². The lowest BCUT2D eigenvalue weighted by molar-refractivity contribution is -0.137. The van der Waals surface area contributed by atoms with Crippen molar-refractivity contribution in [3.05, 3.63) is 65.5 Å². The molecule has 1 amide bonds. The van der Waals surface area contributed by atoms with Gasteiger partial charge in [0.05, 0.1) is 6.04 Å². The van der Waals surface area contributed by atoms with E-state index in [1.54, 1.807) is 0 Å². The van der Waals surface area contributed by atoms with Crippen LogP contribution in [0.2, 0.25) is 0 Å². The Morgan fingerprint density at radius 2 is 1.93 bits per heavy atom. The molecule has 0 bridgehead atoms. The molecule has 4 rings (SSSR count). The van der Waals surface area contributed by atoms with Crippen LogP contribution in [0.1, 0.15) is 29.7 Å². The summed E-state index contributed by atoms with van der Waals surface area (Å²) in [6.07, 6.45) is 3.72. The Labute approximate surface area is 167 Å². The lowest BCUT2D eigenvalue weighted by atomic mass is 9.87. The Balaban J connectivity index is 1.55. The Morgan fingerprint density at radius 1 is 1.14 bits per heavy atom. The quantitative estimate of drug-likeness (QED) is 0.774. The van der Waals surface area contributed by atoms with E-state index < -0.39 is 0 Å². The third kappa shape index (κ3) is 3.82. The first-order chi connectivity index (χ1) is 13.7. The van der Waals surface area contributed by atoms with Crippen LogP contribution in [0.15, 0.2) is 48.8 Å². The van der Waals surface area contributed by atoms with Gasteiger partial charge in [-0.2, -0.15) is 0 Å². The van der Waals surface area contributed by atoms with E-state index in [0.717, 1.165) is 26.2 Å². The minimum atomic E-state index is 0.116. The highest BCUT2D eigenvalue weighted by molar-refractivity contribution is 5.78. The van der Waals surface area contributed by atoms with Crippen molar-refractivity contribution in [1.29, 1.82) is 0 Å². The van der Waals surface area contributed by atoms with Gasteiger partial charge in [0, 0.05) is 51.1 Å². The van der Waals surface area contributed by atoms with Crippen molar-refractivity contribution >= 4 is 5.91 Å². The van der Waals surface area contributed by atoms with Crippen molar-refractivity contribution in [2.45, 2.75) is 26.4 Å². The third-order valence-electron chi connectivity index (χ3n) is 6.15. The van der Waals surface area contributed by atoms with Crippen LogP contribution in [0.4, 0.5) is 0 Å². The second-order valence-corrected chi connectivity index (χ2v) is 7.96. The summed E-state index contributed by atoms with van der Waals surface area (Å²) in [5, 5.41) is 0. The number of aromatic nitrogens is 1. The monoisotopic (exact) mass is 379 g/mol. The molecule has 5 heteroatoms. The van der Waals surface area contributed by atoms with E-state index in [9.17, 15) is 4.79 Å². The number of nitrogens with zero attached hydrogens (tertiary/aromatic N) is 3. The molecule has 3 heterocycles. The fourth-order valence-electron chi connectivity index (χ4n) is 4.86. The average Bonchev–Trinajstić information content (AvgIpc) is 3.25. The molecule has 5 nitrogen and oxygen atoms in total. The molecule has 0 radical (unpaired) electrons. The van der Waals surface area contributed by atoms with Gasteiger partial charge in [0.15, 0.2) is 0 Å². The molecular formula is C23H29N3O2. The number of ether oxygens (including phenoxy) is 1. The van der Waals surface area contributed by atoms with Gasteiger partial charge in [-0.05, 0) is 48.6 Å². The summed E-state index contributed by atoms with van der Waals surface area (Å²) in [4.78, 5) is 21.6. The highest BCUT2D eigenvalue weighted by Crippen LogP contribution is 2.46. The Hall–Kier alpha value is -2.24. The predicted octanol–water partition coefficient (Wildman–Crippen LogP) is 3.06. The van der Waals surface area contributed by atoms with Crippen LogP contribution in [0.25, 0.3) is 0 Å². The van der Waals surface area contributed by atoms with Crippen molar-refractivity contribution in [3.8, 4) is 0 Å². The smallest absolute Gasteiger partial charge is 0.249 e. The molecule has 28 heavy (non-hydrogen) atoms. The molecule has 0 aliphatic carbocycles. The van der Waals surface area contributed by atoms with Crippen LogP contribution < -0.4 is 0 Å². The van der Waals surface area contributed by atoms with Crippen molar-refractivity contribution < 1.29 is 9.53 Å². The molecule has 2 fully saturated rings. The zero-order valence-electron chi connectivity index (χ0n) is 16.8. The molecule has 2 aromatic rings. The summed E-state index contributed by atoms with van der Waals surface area (Å²) in [5.74, 6) is 1.09. The molecule has 0 saturated carbocycles. The number of carbonyl (C=O) groups is 1. The van der Waals surface area contributed by atoms with Gasteiger partial charge in [-0.15, -0.1) is 0 Å². The summed E-state index contributed by atoms with van der Waals surface area (Å²) in [6, 6.07) is 12.8. The van der Waals surface area contributed by atoms with Gasteiger partial charge in [0.25, 0.3) is 0 Å². The van der Waals surface area contributed by atoms with Crippen molar-refractivity contribution in [2.75, 3.05) is 32.8 Å². The van der Waals surface area contributed by atoms with E-state index in [4.69, 9.17) is 4.74 Å². The topological polar surface area (TPSA) is 45.7 Å². The lowest BCUT2D eigenvalue weighted by Gasteiger charge is -2.31. The largest absolute Gasteiger partial charge is 0.372 e. The van der Waals surface area contributed by atoms with Gasteiger partial charge in [-0.3, -0.25) is 14.7 Å². The summed E-state index contributed by atoms with van der Waals surface area (Å²) in [5.41, 5.74) is 3.84. The maximum atomic E-state index is 12.9. The first-order valence-electron chi connectivity index (χ1n) is 10.2. The fraction of sp³-hybridized carbons (Fsp3) is 0.478. The normalized spacial score (nSPS) is 24.5. The Morgan fingerprint density at radius 3 is 2.68 bits per heavy atom. The maximum absolute atomic E-state index is 12.9. The van der Waals surface area contributed by atoms with Gasteiger partial charge in [-0.25, -0.2) is 0 Å². The second-order valence-electron chi connectivity index (χ2n) is 7.96. The van der Waals surface area contributed by atoms with Gasteiger partial charge in [0.2, 0.25) is 5.91 Å². The Kier molecular flexibility index (Phi) is 5.74. The van der Waals surface area contributed by atoms with E-state index in [-0.39, 0.29) is 18.6 Å². The molecule has 0 spiro atoms.